The van der Waals surface area contributed by atoms with Crippen LogP contribution in [-0.4, -0.2) is 18.3 Å². The summed E-state index contributed by atoms with van der Waals surface area (Å²) in [5.74, 6) is 0.0195. The summed E-state index contributed by atoms with van der Waals surface area (Å²) in [6, 6.07) is 12.7. The molecule has 0 saturated heterocycles. The standard InChI is InChI=1S/C15H14ClF2NO2/c16-11-6-2-3-7-12(11)19-13(9-20)10-5-1-4-8-14(10)21-15(17)18/h1-8,13,15,19-20H,9H2. The van der Waals surface area contributed by atoms with Crippen molar-refractivity contribution < 1.29 is 18.6 Å². The summed E-state index contributed by atoms with van der Waals surface area (Å²) >= 11 is 6.04. The molecule has 0 fully saturated rings. The lowest BCUT2D eigenvalue weighted by atomic mass is 10.1. The molecular formula is C15H14ClF2NO2. The lowest BCUT2D eigenvalue weighted by Gasteiger charge is -2.21. The van der Waals surface area contributed by atoms with Crippen LogP contribution in [0.5, 0.6) is 5.75 Å². The first-order valence-corrected chi connectivity index (χ1v) is 6.65. The van der Waals surface area contributed by atoms with Gasteiger partial charge in [0.15, 0.2) is 0 Å². The fourth-order valence-electron chi connectivity index (χ4n) is 1.96. The Bertz CT molecular complexity index is 595. The number of ether oxygens (including phenoxy) is 1. The van der Waals surface area contributed by atoms with Crippen molar-refractivity contribution >= 4 is 17.3 Å². The van der Waals surface area contributed by atoms with E-state index in [2.05, 4.69) is 10.1 Å². The smallest absolute Gasteiger partial charge is 0.387 e. The molecule has 2 aromatic carbocycles. The van der Waals surface area contributed by atoms with Crippen LogP contribution in [0.25, 0.3) is 0 Å². The molecule has 2 aromatic rings. The molecule has 0 aliphatic heterocycles. The van der Waals surface area contributed by atoms with E-state index in [1.54, 1.807) is 42.5 Å². The molecule has 112 valence electrons. The van der Waals surface area contributed by atoms with Crippen LogP contribution < -0.4 is 10.1 Å². The van der Waals surface area contributed by atoms with Gasteiger partial charge in [0.1, 0.15) is 5.75 Å². The molecule has 1 atom stereocenters. The number of alkyl halides is 2. The number of aliphatic hydroxyl groups excluding tert-OH is 1. The van der Waals surface area contributed by atoms with Crippen LogP contribution in [-0.2, 0) is 0 Å². The highest BCUT2D eigenvalue weighted by molar-refractivity contribution is 6.33. The van der Waals surface area contributed by atoms with Crippen molar-refractivity contribution in [3.8, 4) is 5.75 Å². The predicted molar refractivity (Wildman–Crippen MR) is 78.0 cm³/mol. The van der Waals surface area contributed by atoms with Crippen LogP contribution in [0.2, 0.25) is 5.02 Å². The molecule has 0 spiro atoms. The molecule has 3 nitrogen and oxygen atoms in total. The third-order valence-electron chi connectivity index (χ3n) is 2.90. The van der Waals surface area contributed by atoms with E-state index in [0.717, 1.165) is 0 Å². The molecule has 2 N–H and O–H groups in total. The van der Waals surface area contributed by atoms with E-state index < -0.39 is 12.7 Å². The highest BCUT2D eigenvalue weighted by atomic mass is 35.5. The van der Waals surface area contributed by atoms with Crippen LogP contribution >= 0.6 is 11.6 Å². The van der Waals surface area contributed by atoms with E-state index in [0.29, 0.717) is 16.3 Å². The van der Waals surface area contributed by atoms with E-state index in [4.69, 9.17) is 11.6 Å². The minimum Gasteiger partial charge on any atom is -0.434 e. The van der Waals surface area contributed by atoms with Gasteiger partial charge in [-0.3, -0.25) is 0 Å². The maximum atomic E-state index is 12.4. The van der Waals surface area contributed by atoms with Crippen molar-refractivity contribution in [2.24, 2.45) is 0 Å². The van der Waals surface area contributed by atoms with Crippen molar-refractivity contribution in [2.45, 2.75) is 12.7 Å². The average Bonchev–Trinajstić information content (AvgIpc) is 2.47. The summed E-state index contributed by atoms with van der Waals surface area (Å²) in [6.45, 7) is -3.22. The third-order valence-corrected chi connectivity index (χ3v) is 3.23. The normalized spacial score (nSPS) is 12.2. The largest absolute Gasteiger partial charge is 0.434 e. The molecule has 2 rings (SSSR count). The minimum atomic E-state index is -2.93. The minimum absolute atomic E-state index is 0.0195. The van der Waals surface area contributed by atoms with Crippen LogP contribution in [0, 0.1) is 0 Å². The van der Waals surface area contributed by atoms with E-state index in [-0.39, 0.29) is 12.4 Å². The molecule has 0 aliphatic carbocycles. The third kappa shape index (κ3) is 4.06. The number of anilines is 1. The second-order valence-electron chi connectivity index (χ2n) is 4.28. The Hall–Kier alpha value is -1.85. The summed E-state index contributed by atoms with van der Waals surface area (Å²) in [6.07, 6.45) is 0. The first kappa shape index (κ1) is 15.5. The molecular weight excluding hydrogens is 300 g/mol. The van der Waals surface area contributed by atoms with Crippen LogP contribution in [0.1, 0.15) is 11.6 Å². The molecule has 0 aliphatic rings. The molecule has 0 amide bonds. The number of rotatable bonds is 6. The average molecular weight is 314 g/mol. The quantitative estimate of drug-likeness (QED) is 0.844. The number of hydrogen-bond donors (Lipinski definition) is 2. The van der Waals surface area contributed by atoms with Crippen molar-refractivity contribution in [1.29, 1.82) is 0 Å². The zero-order valence-corrected chi connectivity index (χ0v) is 11.7. The maximum Gasteiger partial charge on any atom is 0.387 e. The van der Waals surface area contributed by atoms with Crippen molar-refractivity contribution in [3.63, 3.8) is 0 Å². The van der Waals surface area contributed by atoms with Gasteiger partial charge < -0.3 is 15.2 Å². The molecule has 0 aromatic heterocycles. The Morgan fingerprint density at radius 1 is 1.10 bits per heavy atom. The Morgan fingerprint density at radius 2 is 1.76 bits per heavy atom. The molecule has 6 heteroatoms. The fraction of sp³-hybridized carbons (Fsp3) is 0.200. The number of para-hydroxylation sites is 2. The van der Waals surface area contributed by atoms with E-state index in [1.165, 1.54) is 6.07 Å². The summed E-state index contributed by atoms with van der Waals surface area (Å²) in [4.78, 5) is 0. The summed E-state index contributed by atoms with van der Waals surface area (Å²) in [7, 11) is 0. The van der Waals surface area contributed by atoms with E-state index in [1.807, 2.05) is 0 Å². The number of halogens is 3. The van der Waals surface area contributed by atoms with Gasteiger partial charge in [-0.25, -0.2) is 0 Å². The number of nitrogens with one attached hydrogen (secondary N) is 1. The molecule has 0 saturated carbocycles. The fourth-order valence-corrected chi connectivity index (χ4v) is 2.15. The van der Waals surface area contributed by atoms with Crippen molar-refractivity contribution in [2.75, 3.05) is 11.9 Å². The molecule has 0 heterocycles. The van der Waals surface area contributed by atoms with Gasteiger partial charge in [-0.05, 0) is 18.2 Å². The lowest BCUT2D eigenvalue weighted by Crippen LogP contribution is -2.17. The molecule has 1 unspecified atom stereocenters. The van der Waals surface area contributed by atoms with Crippen LogP contribution in [0.15, 0.2) is 48.5 Å². The van der Waals surface area contributed by atoms with Crippen LogP contribution in [0.4, 0.5) is 14.5 Å². The van der Waals surface area contributed by atoms with Gasteiger partial charge in [0.2, 0.25) is 0 Å². The zero-order valence-electron chi connectivity index (χ0n) is 11.0. The SMILES string of the molecule is OCC(Nc1ccccc1Cl)c1ccccc1OC(F)F. The number of hydrogen-bond acceptors (Lipinski definition) is 3. The van der Waals surface area contributed by atoms with Gasteiger partial charge in [-0.1, -0.05) is 41.9 Å². The van der Waals surface area contributed by atoms with Gasteiger partial charge in [-0.2, -0.15) is 8.78 Å². The number of benzene rings is 2. The maximum absolute atomic E-state index is 12.4. The molecule has 21 heavy (non-hydrogen) atoms. The Morgan fingerprint density at radius 3 is 2.43 bits per heavy atom. The van der Waals surface area contributed by atoms with Crippen molar-refractivity contribution in [3.05, 3.63) is 59.1 Å². The van der Waals surface area contributed by atoms with E-state index in [9.17, 15) is 13.9 Å². The Balaban J connectivity index is 2.27. The van der Waals surface area contributed by atoms with Gasteiger partial charge in [0.25, 0.3) is 0 Å². The number of aliphatic hydroxyl groups is 1. The lowest BCUT2D eigenvalue weighted by molar-refractivity contribution is -0.0507. The molecule has 0 radical (unpaired) electrons. The first-order valence-electron chi connectivity index (χ1n) is 6.27. The highest BCUT2D eigenvalue weighted by Gasteiger charge is 2.18. The molecule has 0 bridgehead atoms. The first-order chi connectivity index (χ1) is 10.1. The second-order valence-corrected chi connectivity index (χ2v) is 4.68. The topological polar surface area (TPSA) is 41.5 Å². The van der Waals surface area contributed by atoms with Crippen molar-refractivity contribution in [1.82, 2.24) is 0 Å². The van der Waals surface area contributed by atoms with Gasteiger partial charge in [-0.15, -0.1) is 0 Å². The highest BCUT2D eigenvalue weighted by Crippen LogP contribution is 2.31. The van der Waals surface area contributed by atoms with Crippen LogP contribution in [0.3, 0.4) is 0 Å². The Kier molecular flexibility index (Phi) is 5.36. The monoisotopic (exact) mass is 313 g/mol. The summed E-state index contributed by atoms with van der Waals surface area (Å²) in [5, 5.41) is 13.0. The van der Waals surface area contributed by atoms with Gasteiger partial charge in [0, 0.05) is 5.56 Å². The summed E-state index contributed by atoms with van der Waals surface area (Å²) in [5.41, 5.74) is 1.03. The predicted octanol–water partition coefficient (Wildman–Crippen LogP) is 4.09. The second kappa shape index (κ2) is 7.24. The van der Waals surface area contributed by atoms with E-state index >= 15 is 0 Å². The summed E-state index contributed by atoms with van der Waals surface area (Å²) < 4.78 is 29.3. The van der Waals surface area contributed by atoms with Gasteiger partial charge in [0.05, 0.1) is 23.4 Å². The van der Waals surface area contributed by atoms with Gasteiger partial charge >= 0.3 is 6.61 Å². The Labute approximate surface area is 126 Å². The zero-order chi connectivity index (χ0) is 15.2.